The molecule has 0 radical (unpaired) electrons. The van der Waals surface area contributed by atoms with Crippen LogP contribution < -0.4 is 10.6 Å². The van der Waals surface area contributed by atoms with Crippen molar-refractivity contribution in [3.8, 4) is 0 Å². The van der Waals surface area contributed by atoms with Crippen LogP contribution in [-0.4, -0.2) is 38.3 Å². The second kappa shape index (κ2) is 7.74. The molecule has 1 rings (SSSR count). The minimum Gasteiger partial charge on any atom is -0.383 e. The summed E-state index contributed by atoms with van der Waals surface area (Å²) < 4.78 is 4.92. The monoisotopic (exact) mass is 256 g/mol. The second-order valence-corrected chi connectivity index (χ2v) is 5.55. The summed E-state index contributed by atoms with van der Waals surface area (Å²) in [6, 6.07) is 0.344. The third kappa shape index (κ3) is 4.58. The average Bonchev–Trinajstić information content (AvgIpc) is 2.35. The highest BCUT2D eigenvalue weighted by molar-refractivity contribution is 5.81. The molecule has 1 amide bonds. The minimum atomic E-state index is -0.125. The molecule has 0 saturated heterocycles. The number of carbonyl (C=O) groups excluding carboxylic acids is 1. The Labute approximate surface area is 111 Å². The van der Waals surface area contributed by atoms with Gasteiger partial charge < -0.3 is 15.4 Å². The molecule has 0 aliphatic heterocycles. The molecule has 1 saturated carbocycles. The van der Waals surface area contributed by atoms with E-state index >= 15 is 0 Å². The Hall–Kier alpha value is -0.610. The zero-order valence-corrected chi connectivity index (χ0v) is 12.2. The van der Waals surface area contributed by atoms with Crippen molar-refractivity contribution in [1.82, 2.24) is 10.6 Å². The maximum atomic E-state index is 11.9. The van der Waals surface area contributed by atoms with Crippen LogP contribution in [0.3, 0.4) is 0 Å². The molecule has 0 aromatic carbocycles. The molecule has 18 heavy (non-hydrogen) atoms. The maximum absolute atomic E-state index is 11.9. The number of amides is 1. The standard InChI is InChI=1S/C14H28N2O2/c1-10-6-5-7-13(11(10)2)16-12(3)14(17)15-8-9-18-4/h10-13,16H,5-9H2,1-4H3,(H,15,17). The highest BCUT2D eigenvalue weighted by Crippen LogP contribution is 2.29. The summed E-state index contributed by atoms with van der Waals surface area (Å²) in [6.07, 6.45) is 3.76. The average molecular weight is 256 g/mol. The normalized spacial score (nSPS) is 29.9. The first-order chi connectivity index (χ1) is 8.56. The van der Waals surface area contributed by atoms with Crippen molar-refractivity contribution in [3.05, 3.63) is 0 Å². The first kappa shape index (κ1) is 15.4. The van der Waals surface area contributed by atoms with Crippen LogP contribution in [0.2, 0.25) is 0 Å². The molecule has 0 aromatic heterocycles. The van der Waals surface area contributed by atoms with Gasteiger partial charge >= 0.3 is 0 Å². The van der Waals surface area contributed by atoms with Gasteiger partial charge in [-0.15, -0.1) is 0 Å². The Kier molecular flexibility index (Phi) is 6.65. The lowest BCUT2D eigenvalue weighted by atomic mass is 9.78. The van der Waals surface area contributed by atoms with Crippen LogP contribution in [0.4, 0.5) is 0 Å². The number of hydrogen-bond donors (Lipinski definition) is 2. The minimum absolute atomic E-state index is 0.0671. The summed E-state index contributed by atoms with van der Waals surface area (Å²) in [4.78, 5) is 11.9. The van der Waals surface area contributed by atoms with E-state index in [1.807, 2.05) is 6.92 Å². The van der Waals surface area contributed by atoms with Crippen LogP contribution in [0.5, 0.6) is 0 Å². The Morgan fingerprint density at radius 2 is 2.11 bits per heavy atom. The zero-order valence-electron chi connectivity index (χ0n) is 12.2. The van der Waals surface area contributed by atoms with E-state index in [1.165, 1.54) is 19.3 Å². The first-order valence-corrected chi connectivity index (χ1v) is 7.09. The van der Waals surface area contributed by atoms with Crippen molar-refractivity contribution in [3.63, 3.8) is 0 Å². The van der Waals surface area contributed by atoms with E-state index < -0.39 is 0 Å². The molecule has 0 aromatic rings. The van der Waals surface area contributed by atoms with Crippen LogP contribution in [0, 0.1) is 11.8 Å². The molecular weight excluding hydrogens is 228 g/mol. The van der Waals surface area contributed by atoms with Crippen molar-refractivity contribution in [2.75, 3.05) is 20.3 Å². The summed E-state index contributed by atoms with van der Waals surface area (Å²) in [6.45, 7) is 7.68. The number of methoxy groups -OCH3 is 1. The summed E-state index contributed by atoms with van der Waals surface area (Å²) in [5.41, 5.74) is 0. The van der Waals surface area contributed by atoms with Crippen molar-refractivity contribution < 1.29 is 9.53 Å². The van der Waals surface area contributed by atoms with Gasteiger partial charge in [0.1, 0.15) is 0 Å². The van der Waals surface area contributed by atoms with Gasteiger partial charge in [-0.2, -0.15) is 0 Å². The predicted molar refractivity (Wildman–Crippen MR) is 73.5 cm³/mol. The van der Waals surface area contributed by atoms with Gasteiger partial charge in [-0.1, -0.05) is 26.7 Å². The molecule has 4 unspecified atom stereocenters. The number of nitrogens with one attached hydrogen (secondary N) is 2. The number of carbonyl (C=O) groups is 1. The molecule has 4 atom stereocenters. The highest BCUT2D eigenvalue weighted by atomic mass is 16.5. The second-order valence-electron chi connectivity index (χ2n) is 5.55. The van der Waals surface area contributed by atoms with Gasteiger partial charge in [-0.25, -0.2) is 0 Å². The fourth-order valence-corrected chi connectivity index (χ4v) is 2.64. The van der Waals surface area contributed by atoms with Crippen molar-refractivity contribution in [1.29, 1.82) is 0 Å². The van der Waals surface area contributed by atoms with E-state index in [2.05, 4.69) is 24.5 Å². The molecule has 2 N–H and O–H groups in total. The summed E-state index contributed by atoms with van der Waals surface area (Å²) in [7, 11) is 1.64. The van der Waals surface area contributed by atoms with Crippen LogP contribution in [0.15, 0.2) is 0 Å². The maximum Gasteiger partial charge on any atom is 0.236 e. The van der Waals surface area contributed by atoms with E-state index in [-0.39, 0.29) is 11.9 Å². The van der Waals surface area contributed by atoms with Gasteiger partial charge in [-0.05, 0) is 25.2 Å². The summed E-state index contributed by atoms with van der Waals surface area (Å²) >= 11 is 0. The fourth-order valence-electron chi connectivity index (χ4n) is 2.64. The summed E-state index contributed by atoms with van der Waals surface area (Å²) in [5.74, 6) is 1.46. The quantitative estimate of drug-likeness (QED) is 0.709. The Morgan fingerprint density at radius 3 is 2.78 bits per heavy atom. The Bertz CT molecular complexity index is 258. The van der Waals surface area contributed by atoms with Crippen LogP contribution in [0.1, 0.15) is 40.0 Å². The summed E-state index contributed by atoms with van der Waals surface area (Å²) in [5, 5.41) is 6.35. The molecule has 4 heteroatoms. The Balaban J connectivity index is 2.33. The van der Waals surface area contributed by atoms with E-state index in [0.717, 1.165) is 5.92 Å². The van der Waals surface area contributed by atoms with E-state index in [0.29, 0.717) is 25.1 Å². The fraction of sp³-hybridized carbons (Fsp3) is 0.929. The van der Waals surface area contributed by atoms with Gasteiger partial charge in [0, 0.05) is 19.7 Å². The third-order valence-electron chi connectivity index (χ3n) is 4.17. The van der Waals surface area contributed by atoms with Crippen LogP contribution in [0.25, 0.3) is 0 Å². The third-order valence-corrected chi connectivity index (χ3v) is 4.17. The molecule has 0 spiro atoms. The number of ether oxygens (including phenoxy) is 1. The first-order valence-electron chi connectivity index (χ1n) is 7.09. The largest absolute Gasteiger partial charge is 0.383 e. The number of rotatable bonds is 6. The zero-order chi connectivity index (χ0) is 13.5. The molecule has 0 bridgehead atoms. The molecule has 1 fully saturated rings. The van der Waals surface area contributed by atoms with Crippen LogP contribution in [-0.2, 0) is 9.53 Å². The van der Waals surface area contributed by atoms with Gasteiger partial charge in [0.15, 0.2) is 0 Å². The molecule has 1 aliphatic rings. The SMILES string of the molecule is COCCNC(=O)C(C)NC1CCCC(C)C1C. The van der Waals surface area contributed by atoms with Crippen molar-refractivity contribution in [2.24, 2.45) is 11.8 Å². The van der Waals surface area contributed by atoms with Gasteiger partial charge in [0.05, 0.1) is 12.6 Å². The predicted octanol–water partition coefficient (Wildman–Crippen LogP) is 1.55. The van der Waals surface area contributed by atoms with E-state index in [9.17, 15) is 4.79 Å². The van der Waals surface area contributed by atoms with Gasteiger partial charge in [0.2, 0.25) is 5.91 Å². The van der Waals surface area contributed by atoms with E-state index in [1.54, 1.807) is 7.11 Å². The Morgan fingerprint density at radius 1 is 1.39 bits per heavy atom. The topological polar surface area (TPSA) is 50.4 Å². The molecule has 106 valence electrons. The molecule has 1 aliphatic carbocycles. The molecule has 0 heterocycles. The smallest absolute Gasteiger partial charge is 0.236 e. The lowest BCUT2D eigenvalue weighted by molar-refractivity contribution is -0.123. The van der Waals surface area contributed by atoms with Crippen LogP contribution >= 0.6 is 0 Å². The van der Waals surface area contributed by atoms with Crippen molar-refractivity contribution in [2.45, 2.75) is 52.1 Å². The molecule has 4 nitrogen and oxygen atoms in total. The van der Waals surface area contributed by atoms with Crippen molar-refractivity contribution >= 4 is 5.91 Å². The van der Waals surface area contributed by atoms with Gasteiger partial charge in [0.25, 0.3) is 0 Å². The number of hydrogen-bond acceptors (Lipinski definition) is 3. The van der Waals surface area contributed by atoms with Gasteiger partial charge in [-0.3, -0.25) is 4.79 Å². The highest BCUT2D eigenvalue weighted by Gasteiger charge is 2.28. The molecular formula is C14H28N2O2. The van der Waals surface area contributed by atoms with E-state index in [4.69, 9.17) is 4.74 Å². The lowest BCUT2D eigenvalue weighted by Gasteiger charge is -2.36. The lowest BCUT2D eigenvalue weighted by Crippen LogP contribution is -2.51.